The van der Waals surface area contributed by atoms with Crippen LogP contribution in [0.15, 0.2) is 48.0 Å². The molecular weight excluding hydrogens is 426 g/mol. The molecule has 0 aliphatic carbocycles. The third kappa shape index (κ3) is 5.61. The number of esters is 1. The average molecular weight is 451 g/mol. The Kier molecular flexibility index (Phi) is 7.52. The van der Waals surface area contributed by atoms with Gasteiger partial charge in [0, 0.05) is 20.3 Å². The summed E-state index contributed by atoms with van der Waals surface area (Å²) in [4.78, 5) is 29.4. The number of benzene rings is 1. The van der Waals surface area contributed by atoms with Crippen molar-refractivity contribution in [2.45, 2.75) is 6.92 Å². The first-order valence-electron chi connectivity index (χ1n) is 9.99. The molecule has 4 N–H and O–H groups in total. The van der Waals surface area contributed by atoms with Crippen LogP contribution in [0.4, 0.5) is 17.5 Å². The van der Waals surface area contributed by atoms with Gasteiger partial charge in [0.15, 0.2) is 17.4 Å². The van der Waals surface area contributed by atoms with Crippen molar-refractivity contribution in [2.24, 2.45) is 17.8 Å². The Morgan fingerprint density at radius 1 is 1.33 bits per heavy atom. The summed E-state index contributed by atoms with van der Waals surface area (Å²) < 4.78 is 12.4. The van der Waals surface area contributed by atoms with E-state index in [1.54, 1.807) is 56.4 Å². The minimum atomic E-state index is -0.583. The Hall–Kier alpha value is -4.48. The minimum absolute atomic E-state index is 0.0605. The highest BCUT2D eigenvalue weighted by molar-refractivity contribution is 5.96. The van der Waals surface area contributed by atoms with Gasteiger partial charge in [-0.3, -0.25) is 4.68 Å². The molecule has 2 heterocycles. The molecule has 1 aromatic carbocycles. The zero-order chi connectivity index (χ0) is 23.8. The number of para-hydroxylation sites is 1. The van der Waals surface area contributed by atoms with Crippen LogP contribution in [0.2, 0.25) is 0 Å². The Bertz CT molecular complexity index is 1190. The molecule has 0 amide bonds. The monoisotopic (exact) mass is 451 g/mol. The lowest BCUT2D eigenvalue weighted by Crippen LogP contribution is -2.12. The first kappa shape index (κ1) is 23.2. The lowest BCUT2D eigenvalue weighted by Gasteiger charge is -2.15. The molecule has 0 aliphatic heterocycles. The van der Waals surface area contributed by atoms with Crippen LogP contribution >= 0.6 is 0 Å². The highest BCUT2D eigenvalue weighted by Gasteiger charge is 2.20. The largest absolute Gasteiger partial charge is 0.494 e. The topological polar surface area (TPSA) is 154 Å². The van der Waals surface area contributed by atoms with Crippen LogP contribution in [0.5, 0.6) is 5.75 Å². The van der Waals surface area contributed by atoms with Crippen LogP contribution in [-0.4, -0.2) is 57.3 Å². The fourth-order valence-electron chi connectivity index (χ4n) is 2.82. The van der Waals surface area contributed by atoms with Gasteiger partial charge in [0.2, 0.25) is 0 Å². The second kappa shape index (κ2) is 10.7. The Balaban J connectivity index is 2.06. The first-order valence-corrected chi connectivity index (χ1v) is 9.99. The van der Waals surface area contributed by atoms with E-state index in [0.29, 0.717) is 22.8 Å². The molecule has 0 spiro atoms. The van der Waals surface area contributed by atoms with Gasteiger partial charge in [-0.25, -0.2) is 14.8 Å². The van der Waals surface area contributed by atoms with Gasteiger partial charge in [0.25, 0.3) is 5.95 Å². The standard InChI is InChI=1S/C21H25N9O3/c1-5-33-20(31)14-11-24-21(27-16(22)9-10-23-2)28-19(14)26-15-8-6-7-13(17(15)32-4)18-25-12-30(3)29-18/h6-12,23H,5H2,1-4H3,(H3,22,24,26,27,28)/b10-9-. The predicted molar refractivity (Wildman–Crippen MR) is 124 cm³/mol. The Labute approximate surface area is 190 Å². The van der Waals surface area contributed by atoms with Crippen LogP contribution in [-0.2, 0) is 11.8 Å². The molecule has 2 aromatic heterocycles. The smallest absolute Gasteiger partial charge is 0.343 e. The molecule has 0 saturated heterocycles. The van der Waals surface area contributed by atoms with Crippen molar-refractivity contribution in [3.63, 3.8) is 0 Å². The van der Waals surface area contributed by atoms with Gasteiger partial charge in [-0.1, -0.05) is 6.07 Å². The summed E-state index contributed by atoms with van der Waals surface area (Å²) in [5.74, 6) is 0.793. The summed E-state index contributed by atoms with van der Waals surface area (Å²) >= 11 is 0. The van der Waals surface area contributed by atoms with E-state index in [4.69, 9.17) is 15.2 Å². The quantitative estimate of drug-likeness (QED) is 0.250. The molecule has 0 unspecified atom stereocenters. The van der Waals surface area contributed by atoms with Gasteiger partial charge in [-0.05, 0) is 31.3 Å². The van der Waals surface area contributed by atoms with Gasteiger partial charge in [-0.15, -0.1) is 0 Å². The number of nitrogens with two attached hydrogens (primary N) is 1. The van der Waals surface area contributed by atoms with Gasteiger partial charge >= 0.3 is 5.97 Å². The number of amidine groups is 1. The molecule has 0 atom stereocenters. The number of aromatic nitrogens is 5. The number of ether oxygens (including phenoxy) is 2. The van der Waals surface area contributed by atoms with E-state index in [1.165, 1.54) is 13.3 Å². The SMILES string of the molecule is CCOC(=O)c1cnc(/N=C(N)\C=C/NC)nc1Nc1cccc(-c2ncn(C)n2)c1OC. The number of rotatable bonds is 9. The maximum atomic E-state index is 12.5. The van der Waals surface area contributed by atoms with Crippen LogP contribution in [0.3, 0.4) is 0 Å². The van der Waals surface area contributed by atoms with Gasteiger partial charge in [0.1, 0.15) is 17.7 Å². The maximum absolute atomic E-state index is 12.5. The summed E-state index contributed by atoms with van der Waals surface area (Å²) in [6.07, 6.45) is 6.10. The molecule has 0 saturated carbocycles. The number of carbonyl (C=O) groups excluding carboxylic acids is 1. The van der Waals surface area contributed by atoms with Crippen LogP contribution in [0, 0.1) is 0 Å². The van der Waals surface area contributed by atoms with Crippen molar-refractivity contribution >= 4 is 29.3 Å². The molecule has 172 valence electrons. The number of nitrogens with zero attached hydrogens (tertiary/aromatic N) is 6. The molecule has 12 heteroatoms. The third-order valence-corrected chi connectivity index (χ3v) is 4.23. The number of nitrogens with one attached hydrogen (secondary N) is 2. The lowest BCUT2D eigenvalue weighted by atomic mass is 10.1. The van der Waals surface area contributed by atoms with Crippen molar-refractivity contribution in [3.05, 3.63) is 48.6 Å². The number of anilines is 2. The second-order valence-corrected chi connectivity index (χ2v) is 6.56. The minimum Gasteiger partial charge on any atom is -0.494 e. The number of methoxy groups -OCH3 is 1. The van der Waals surface area contributed by atoms with E-state index < -0.39 is 5.97 Å². The molecule has 3 rings (SSSR count). The summed E-state index contributed by atoms with van der Waals surface area (Å²) in [6.45, 7) is 1.91. The highest BCUT2D eigenvalue weighted by Crippen LogP contribution is 2.36. The first-order chi connectivity index (χ1) is 16.0. The fraction of sp³-hybridized carbons (Fsp3) is 0.238. The second-order valence-electron chi connectivity index (χ2n) is 6.56. The fourth-order valence-corrected chi connectivity index (χ4v) is 2.82. The van der Waals surface area contributed by atoms with Crippen molar-refractivity contribution in [1.29, 1.82) is 0 Å². The maximum Gasteiger partial charge on any atom is 0.343 e. The number of hydrogen-bond acceptors (Lipinski definition) is 10. The van der Waals surface area contributed by atoms with E-state index in [0.717, 1.165) is 0 Å². The Morgan fingerprint density at radius 3 is 2.82 bits per heavy atom. The van der Waals surface area contributed by atoms with Gasteiger partial charge in [0.05, 0.1) is 25.0 Å². The molecule has 0 bridgehead atoms. The van der Waals surface area contributed by atoms with Gasteiger partial charge in [-0.2, -0.15) is 15.1 Å². The highest BCUT2D eigenvalue weighted by atomic mass is 16.5. The Morgan fingerprint density at radius 2 is 2.15 bits per heavy atom. The predicted octanol–water partition coefficient (Wildman–Crippen LogP) is 1.92. The summed E-state index contributed by atoms with van der Waals surface area (Å²) in [7, 11) is 5.04. The van der Waals surface area contributed by atoms with Crippen molar-refractivity contribution < 1.29 is 14.3 Å². The number of aliphatic imine (C=N–C) groups is 1. The molecule has 0 aliphatic rings. The third-order valence-electron chi connectivity index (χ3n) is 4.23. The number of carbonyl (C=O) groups is 1. The van der Waals surface area contributed by atoms with E-state index in [2.05, 4.69) is 35.7 Å². The molecule has 12 nitrogen and oxygen atoms in total. The normalized spacial score (nSPS) is 11.5. The van der Waals surface area contributed by atoms with E-state index in [1.807, 2.05) is 6.07 Å². The molecule has 0 radical (unpaired) electrons. The average Bonchev–Trinajstić information content (AvgIpc) is 3.24. The molecule has 33 heavy (non-hydrogen) atoms. The molecule has 0 fully saturated rings. The van der Waals surface area contributed by atoms with Crippen molar-refractivity contribution in [3.8, 4) is 17.1 Å². The molecule has 3 aromatic rings. The van der Waals surface area contributed by atoms with Crippen molar-refractivity contribution in [2.75, 3.05) is 26.1 Å². The zero-order valence-corrected chi connectivity index (χ0v) is 18.7. The zero-order valence-electron chi connectivity index (χ0n) is 18.7. The lowest BCUT2D eigenvalue weighted by molar-refractivity contribution is 0.0526. The number of aryl methyl sites for hydroxylation is 1. The summed E-state index contributed by atoms with van der Waals surface area (Å²) in [5.41, 5.74) is 7.19. The summed E-state index contributed by atoms with van der Waals surface area (Å²) in [5, 5.41) is 10.3. The van der Waals surface area contributed by atoms with E-state index in [9.17, 15) is 4.79 Å². The van der Waals surface area contributed by atoms with E-state index in [-0.39, 0.29) is 29.8 Å². The number of hydrogen-bond donors (Lipinski definition) is 3. The van der Waals surface area contributed by atoms with Crippen LogP contribution in [0.1, 0.15) is 17.3 Å². The summed E-state index contributed by atoms with van der Waals surface area (Å²) in [6, 6.07) is 5.41. The van der Waals surface area contributed by atoms with Gasteiger partial charge < -0.3 is 25.8 Å². The molecular formula is C21H25N9O3. The van der Waals surface area contributed by atoms with Crippen LogP contribution in [0.25, 0.3) is 11.4 Å². The van der Waals surface area contributed by atoms with Crippen LogP contribution < -0.4 is 21.1 Å². The van der Waals surface area contributed by atoms with Crippen molar-refractivity contribution in [1.82, 2.24) is 30.0 Å². The van der Waals surface area contributed by atoms with E-state index >= 15 is 0 Å².